The van der Waals surface area contributed by atoms with Gasteiger partial charge in [-0.3, -0.25) is 14.9 Å². The van der Waals surface area contributed by atoms with Crippen molar-refractivity contribution in [1.82, 2.24) is 14.8 Å². The van der Waals surface area contributed by atoms with Crippen LogP contribution in [0.1, 0.15) is 17.0 Å². The molecule has 0 saturated carbocycles. The molecule has 156 valence electrons. The van der Waals surface area contributed by atoms with Crippen molar-refractivity contribution < 1.29 is 14.5 Å². The summed E-state index contributed by atoms with van der Waals surface area (Å²) in [5.41, 5.74) is 2.24. The number of amides is 1. The smallest absolute Gasteiger partial charge is 0.271 e. The zero-order valence-corrected chi connectivity index (χ0v) is 17.6. The van der Waals surface area contributed by atoms with Crippen LogP contribution in [-0.4, -0.2) is 31.3 Å². The van der Waals surface area contributed by atoms with E-state index in [9.17, 15) is 14.9 Å². The number of carbonyl (C=O) groups excluding carboxylic acids is 1. The van der Waals surface area contributed by atoms with E-state index in [1.54, 1.807) is 24.6 Å². The van der Waals surface area contributed by atoms with E-state index in [4.69, 9.17) is 4.74 Å². The Hall–Kier alpha value is -3.40. The predicted molar refractivity (Wildman–Crippen MR) is 114 cm³/mol. The van der Waals surface area contributed by atoms with E-state index >= 15 is 0 Å². The number of hydrogen-bond donors (Lipinski definition) is 1. The number of hydrogen-bond acceptors (Lipinski definition) is 7. The van der Waals surface area contributed by atoms with Crippen molar-refractivity contribution in [3.8, 4) is 5.75 Å². The molecule has 9 nitrogen and oxygen atoms in total. The highest BCUT2D eigenvalue weighted by atomic mass is 32.2. The Morgan fingerprint density at radius 1 is 1.20 bits per heavy atom. The summed E-state index contributed by atoms with van der Waals surface area (Å²) in [5, 5.41) is 22.4. The van der Waals surface area contributed by atoms with Crippen molar-refractivity contribution in [1.29, 1.82) is 0 Å². The van der Waals surface area contributed by atoms with Gasteiger partial charge in [-0.05, 0) is 31.5 Å². The minimum Gasteiger partial charge on any atom is -0.486 e. The van der Waals surface area contributed by atoms with Crippen molar-refractivity contribution in [2.45, 2.75) is 25.6 Å². The van der Waals surface area contributed by atoms with Gasteiger partial charge in [0.05, 0.1) is 16.4 Å². The summed E-state index contributed by atoms with van der Waals surface area (Å²) in [6.07, 6.45) is 0. The van der Waals surface area contributed by atoms with Crippen molar-refractivity contribution >= 4 is 29.0 Å². The molecular weight excluding hydrogens is 406 g/mol. The predicted octanol–water partition coefficient (Wildman–Crippen LogP) is 3.65. The summed E-state index contributed by atoms with van der Waals surface area (Å²) in [5.74, 6) is 1.17. The third-order valence-electron chi connectivity index (χ3n) is 4.35. The molecule has 0 atom stereocenters. The fraction of sp³-hybridized carbons (Fsp3) is 0.250. The van der Waals surface area contributed by atoms with Crippen molar-refractivity contribution in [3.63, 3.8) is 0 Å². The van der Waals surface area contributed by atoms with Gasteiger partial charge in [-0.15, -0.1) is 10.2 Å². The molecular formula is C20H21N5O4S. The second-order valence-corrected chi connectivity index (χ2v) is 7.60. The Morgan fingerprint density at radius 2 is 1.93 bits per heavy atom. The van der Waals surface area contributed by atoms with Gasteiger partial charge >= 0.3 is 0 Å². The Labute approximate surface area is 177 Å². The zero-order valence-electron chi connectivity index (χ0n) is 16.8. The summed E-state index contributed by atoms with van der Waals surface area (Å²) in [7, 11) is 1.80. The van der Waals surface area contributed by atoms with Crippen LogP contribution in [0, 0.1) is 24.0 Å². The molecule has 0 fully saturated rings. The number of aryl methyl sites for hydroxylation is 2. The standard InChI is InChI=1S/C20H21N5O4S/c1-13-4-8-16(9-5-13)29-11-18-22-23-20(24(18)3)30-12-19(26)21-17-10-15(25(27)28)7-6-14(17)2/h4-10H,11-12H2,1-3H3,(H,21,26). The Balaban J connectivity index is 1.56. The van der Waals surface area contributed by atoms with Gasteiger partial charge < -0.3 is 14.6 Å². The molecule has 1 aromatic heterocycles. The fourth-order valence-corrected chi connectivity index (χ4v) is 3.28. The summed E-state index contributed by atoms with van der Waals surface area (Å²) in [6.45, 7) is 4.04. The van der Waals surface area contributed by atoms with Gasteiger partial charge in [0.2, 0.25) is 5.91 Å². The number of nitrogens with zero attached hydrogens (tertiary/aromatic N) is 4. The van der Waals surface area contributed by atoms with E-state index in [0.717, 1.165) is 16.9 Å². The van der Waals surface area contributed by atoms with E-state index in [1.807, 2.05) is 31.2 Å². The molecule has 0 unspecified atom stereocenters. The van der Waals surface area contributed by atoms with Crippen LogP contribution in [0.2, 0.25) is 0 Å². The van der Waals surface area contributed by atoms with E-state index in [2.05, 4.69) is 15.5 Å². The van der Waals surface area contributed by atoms with Crippen LogP contribution in [-0.2, 0) is 18.4 Å². The monoisotopic (exact) mass is 427 g/mol. The molecule has 1 N–H and O–H groups in total. The zero-order chi connectivity index (χ0) is 21.7. The summed E-state index contributed by atoms with van der Waals surface area (Å²) >= 11 is 1.22. The lowest BCUT2D eigenvalue weighted by Crippen LogP contribution is -2.15. The third kappa shape index (κ3) is 5.35. The fourth-order valence-electron chi connectivity index (χ4n) is 2.55. The molecule has 0 aliphatic carbocycles. The molecule has 3 rings (SSSR count). The molecule has 1 heterocycles. The van der Waals surface area contributed by atoms with Gasteiger partial charge in [0.25, 0.3) is 5.69 Å². The second kappa shape index (κ2) is 9.40. The van der Waals surface area contributed by atoms with Crippen LogP contribution >= 0.6 is 11.8 Å². The molecule has 0 spiro atoms. The molecule has 0 radical (unpaired) electrons. The molecule has 0 aliphatic rings. The molecule has 10 heteroatoms. The number of benzene rings is 2. The first-order valence-corrected chi connectivity index (χ1v) is 10.1. The van der Waals surface area contributed by atoms with E-state index < -0.39 is 4.92 Å². The van der Waals surface area contributed by atoms with Crippen LogP contribution < -0.4 is 10.1 Å². The van der Waals surface area contributed by atoms with Crippen LogP contribution in [0.3, 0.4) is 0 Å². The maximum Gasteiger partial charge on any atom is 0.271 e. The number of ether oxygens (including phenoxy) is 1. The molecule has 0 aliphatic heterocycles. The number of nitro groups is 1. The Bertz CT molecular complexity index is 1070. The second-order valence-electron chi connectivity index (χ2n) is 6.65. The minimum absolute atomic E-state index is 0.0740. The van der Waals surface area contributed by atoms with Crippen LogP contribution in [0.25, 0.3) is 0 Å². The Morgan fingerprint density at radius 3 is 2.63 bits per heavy atom. The van der Waals surface area contributed by atoms with Gasteiger partial charge in [-0.2, -0.15) is 0 Å². The van der Waals surface area contributed by atoms with Gasteiger partial charge in [0.15, 0.2) is 11.0 Å². The number of rotatable bonds is 8. The van der Waals surface area contributed by atoms with Crippen molar-refractivity contribution in [2.24, 2.45) is 7.05 Å². The maximum atomic E-state index is 12.3. The van der Waals surface area contributed by atoms with Gasteiger partial charge in [0.1, 0.15) is 12.4 Å². The van der Waals surface area contributed by atoms with Crippen LogP contribution in [0.15, 0.2) is 47.6 Å². The van der Waals surface area contributed by atoms with E-state index in [-0.39, 0.29) is 24.0 Å². The van der Waals surface area contributed by atoms with Gasteiger partial charge in [-0.25, -0.2) is 0 Å². The highest BCUT2D eigenvalue weighted by molar-refractivity contribution is 7.99. The summed E-state index contributed by atoms with van der Waals surface area (Å²) in [4.78, 5) is 22.7. The third-order valence-corrected chi connectivity index (χ3v) is 5.37. The van der Waals surface area contributed by atoms with Crippen LogP contribution in [0.5, 0.6) is 5.75 Å². The number of non-ortho nitro benzene ring substituents is 1. The first-order valence-electron chi connectivity index (χ1n) is 9.09. The van der Waals surface area contributed by atoms with E-state index in [0.29, 0.717) is 16.7 Å². The van der Waals surface area contributed by atoms with Crippen molar-refractivity contribution in [3.05, 3.63) is 69.5 Å². The molecule has 1 amide bonds. The lowest BCUT2D eigenvalue weighted by atomic mass is 10.2. The number of nitrogens with one attached hydrogen (secondary N) is 1. The molecule has 30 heavy (non-hydrogen) atoms. The first-order chi connectivity index (χ1) is 14.3. The minimum atomic E-state index is -0.496. The number of anilines is 1. The molecule has 2 aromatic carbocycles. The topological polar surface area (TPSA) is 112 Å². The van der Waals surface area contributed by atoms with Crippen molar-refractivity contribution in [2.75, 3.05) is 11.1 Å². The highest BCUT2D eigenvalue weighted by Crippen LogP contribution is 2.23. The first kappa shape index (κ1) is 21.3. The number of carbonyl (C=O) groups is 1. The largest absolute Gasteiger partial charge is 0.486 e. The molecule has 0 bridgehead atoms. The number of aromatic nitrogens is 3. The summed E-state index contributed by atoms with van der Waals surface area (Å²) < 4.78 is 7.49. The highest BCUT2D eigenvalue weighted by Gasteiger charge is 2.14. The lowest BCUT2D eigenvalue weighted by Gasteiger charge is -2.08. The van der Waals surface area contributed by atoms with Gasteiger partial charge in [-0.1, -0.05) is 35.5 Å². The molecule has 3 aromatic rings. The van der Waals surface area contributed by atoms with Gasteiger partial charge in [0, 0.05) is 19.2 Å². The Kier molecular flexibility index (Phi) is 6.68. The average Bonchev–Trinajstić information content (AvgIpc) is 3.07. The van der Waals surface area contributed by atoms with E-state index in [1.165, 1.54) is 23.9 Å². The molecule has 0 saturated heterocycles. The normalized spacial score (nSPS) is 10.6. The maximum absolute atomic E-state index is 12.3. The van der Waals surface area contributed by atoms with Crippen LogP contribution in [0.4, 0.5) is 11.4 Å². The number of nitro benzene ring substituents is 1. The SMILES string of the molecule is Cc1ccc(OCc2nnc(SCC(=O)Nc3cc([N+](=O)[O-])ccc3C)n2C)cc1. The number of thioether (sulfide) groups is 1. The average molecular weight is 427 g/mol. The quantitative estimate of drug-likeness (QED) is 0.332. The summed E-state index contributed by atoms with van der Waals surface area (Å²) in [6, 6.07) is 12.1. The lowest BCUT2D eigenvalue weighted by molar-refractivity contribution is -0.384.